The van der Waals surface area contributed by atoms with Crippen LogP contribution in [0.1, 0.15) is 31.4 Å². The highest BCUT2D eigenvalue weighted by atomic mass is 79.9. The molecule has 1 N–H and O–H groups in total. The minimum atomic E-state index is 0.447. The largest absolute Gasteiger partial charge is 0.492 e. The molecule has 2 aromatic carbocycles. The van der Waals surface area contributed by atoms with E-state index in [9.17, 15) is 0 Å². The lowest BCUT2D eigenvalue weighted by atomic mass is 10.1. The van der Waals surface area contributed by atoms with Gasteiger partial charge in [0.2, 0.25) is 0 Å². The highest BCUT2D eigenvalue weighted by Gasteiger charge is 2.11. The van der Waals surface area contributed by atoms with E-state index in [4.69, 9.17) is 4.74 Å². The van der Waals surface area contributed by atoms with Gasteiger partial charge >= 0.3 is 0 Å². The molecule has 0 saturated heterocycles. The molecule has 0 bridgehead atoms. The molecule has 0 aliphatic carbocycles. The molecule has 0 radical (unpaired) electrons. The maximum Gasteiger partial charge on any atom is 0.138 e. The van der Waals surface area contributed by atoms with E-state index in [1.54, 1.807) is 0 Å². The smallest absolute Gasteiger partial charge is 0.138 e. The Morgan fingerprint density at radius 1 is 1.13 bits per heavy atom. The van der Waals surface area contributed by atoms with Gasteiger partial charge in [0.15, 0.2) is 0 Å². The van der Waals surface area contributed by atoms with Gasteiger partial charge in [0.25, 0.3) is 0 Å². The quantitative estimate of drug-likeness (QED) is 0.566. The highest BCUT2D eigenvalue weighted by Crippen LogP contribution is 2.33. The molecule has 2 rings (SSSR count). The molecule has 0 unspecified atom stereocenters. The van der Waals surface area contributed by atoms with E-state index in [2.05, 4.69) is 80.5 Å². The summed E-state index contributed by atoms with van der Waals surface area (Å²) in [6, 6.07) is 15.2. The summed E-state index contributed by atoms with van der Waals surface area (Å²) in [7, 11) is 0. The lowest BCUT2D eigenvalue weighted by Gasteiger charge is -2.17. The number of ether oxygens (including phenoxy) is 1. The first-order valence-electron chi connectivity index (χ1n) is 7.98. The van der Waals surface area contributed by atoms with Crippen molar-refractivity contribution in [3.05, 3.63) is 62.5 Å². The van der Waals surface area contributed by atoms with Crippen LogP contribution in [-0.2, 0) is 13.0 Å². The van der Waals surface area contributed by atoms with Crippen LogP contribution in [0.4, 0.5) is 0 Å². The fourth-order valence-electron chi connectivity index (χ4n) is 2.47. The van der Waals surface area contributed by atoms with Crippen LogP contribution in [-0.4, -0.2) is 12.6 Å². The maximum absolute atomic E-state index is 5.78. The average molecular weight is 441 g/mol. The van der Waals surface area contributed by atoms with Crippen molar-refractivity contribution in [3.8, 4) is 5.75 Å². The second-order valence-corrected chi connectivity index (χ2v) is 7.39. The van der Waals surface area contributed by atoms with Gasteiger partial charge in [-0.05, 0) is 60.3 Å². The van der Waals surface area contributed by atoms with E-state index in [-0.39, 0.29) is 0 Å². The van der Waals surface area contributed by atoms with Crippen molar-refractivity contribution in [3.63, 3.8) is 0 Å². The molecule has 0 heterocycles. The van der Waals surface area contributed by atoms with Crippen LogP contribution >= 0.6 is 31.9 Å². The summed E-state index contributed by atoms with van der Waals surface area (Å²) in [5.74, 6) is 0.929. The lowest BCUT2D eigenvalue weighted by Crippen LogP contribution is -2.26. The van der Waals surface area contributed by atoms with E-state index in [0.717, 1.165) is 34.1 Å². The molecule has 23 heavy (non-hydrogen) atoms. The zero-order chi connectivity index (χ0) is 16.7. The van der Waals surface area contributed by atoms with E-state index in [1.807, 2.05) is 13.0 Å². The van der Waals surface area contributed by atoms with Crippen LogP contribution in [0.15, 0.2) is 51.4 Å². The van der Waals surface area contributed by atoms with E-state index >= 15 is 0 Å². The van der Waals surface area contributed by atoms with Gasteiger partial charge in [0.1, 0.15) is 5.75 Å². The number of benzene rings is 2. The Kier molecular flexibility index (Phi) is 7.60. The van der Waals surface area contributed by atoms with Gasteiger partial charge in [-0.25, -0.2) is 0 Å². The van der Waals surface area contributed by atoms with E-state index in [1.165, 1.54) is 11.1 Å². The van der Waals surface area contributed by atoms with Crippen molar-refractivity contribution < 1.29 is 4.74 Å². The van der Waals surface area contributed by atoms with E-state index < -0.39 is 0 Å². The van der Waals surface area contributed by atoms with Gasteiger partial charge in [-0.3, -0.25) is 0 Å². The number of hydrogen-bond acceptors (Lipinski definition) is 2. The Morgan fingerprint density at radius 2 is 1.87 bits per heavy atom. The molecule has 1 atom stereocenters. The second-order valence-electron chi connectivity index (χ2n) is 5.62. The molecule has 0 fully saturated rings. The number of nitrogens with one attached hydrogen (secondary N) is 1. The number of rotatable bonds is 8. The van der Waals surface area contributed by atoms with Gasteiger partial charge in [-0.15, -0.1) is 0 Å². The second kappa shape index (κ2) is 9.45. The first-order chi connectivity index (χ1) is 11.1. The highest BCUT2D eigenvalue weighted by molar-refractivity contribution is 9.11. The lowest BCUT2D eigenvalue weighted by molar-refractivity contribution is 0.332. The molecular formula is C19H23Br2NO. The zero-order valence-corrected chi connectivity index (χ0v) is 16.8. The van der Waals surface area contributed by atoms with Crippen LogP contribution in [0.25, 0.3) is 0 Å². The molecule has 2 aromatic rings. The molecule has 0 spiro atoms. The van der Waals surface area contributed by atoms with Crippen molar-refractivity contribution in [2.24, 2.45) is 0 Å². The van der Waals surface area contributed by atoms with Crippen LogP contribution in [0.3, 0.4) is 0 Å². The Balaban J connectivity index is 1.92. The third-order valence-electron chi connectivity index (χ3n) is 3.72. The maximum atomic E-state index is 5.78. The Bertz CT molecular complexity index is 616. The van der Waals surface area contributed by atoms with Gasteiger partial charge in [0, 0.05) is 22.6 Å². The minimum absolute atomic E-state index is 0.447. The van der Waals surface area contributed by atoms with Gasteiger partial charge < -0.3 is 10.1 Å². The van der Waals surface area contributed by atoms with Gasteiger partial charge in [0.05, 0.1) is 11.1 Å². The van der Waals surface area contributed by atoms with Crippen molar-refractivity contribution in [1.82, 2.24) is 5.32 Å². The third kappa shape index (κ3) is 5.94. The molecule has 0 aromatic heterocycles. The third-order valence-corrected chi connectivity index (χ3v) is 4.77. The fraction of sp³-hybridized carbons (Fsp3) is 0.368. The molecule has 4 heteroatoms. The molecule has 0 aliphatic heterocycles. The molecule has 2 nitrogen and oxygen atoms in total. The summed E-state index contributed by atoms with van der Waals surface area (Å²) in [6.45, 7) is 5.70. The molecule has 0 saturated carbocycles. The predicted octanol–water partition coefficient (Wildman–Crippen LogP) is 5.72. The fourth-order valence-corrected chi connectivity index (χ4v) is 3.89. The molecule has 0 aliphatic rings. The zero-order valence-electron chi connectivity index (χ0n) is 13.6. The van der Waals surface area contributed by atoms with Crippen molar-refractivity contribution in [2.75, 3.05) is 6.61 Å². The van der Waals surface area contributed by atoms with Crippen LogP contribution in [0.2, 0.25) is 0 Å². The normalized spacial score (nSPS) is 12.2. The first-order valence-corrected chi connectivity index (χ1v) is 9.56. The Morgan fingerprint density at radius 3 is 2.57 bits per heavy atom. The summed E-state index contributed by atoms with van der Waals surface area (Å²) >= 11 is 7.14. The van der Waals surface area contributed by atoms with Crippen molar-refractivity contribution in [1.29, 1.82) is 0 Å². The molecule has 124 valence electrons. The van der Waals surface area contributed by atoms with Gasteiger partial charge in [-0.2, -0.15) is 0 Å². The summed E-state index contributed by atoms with van der Waals surface area (Å²) in [6.07, 6.45) is 2.21. The van der Waals surface area contributed by atoms with Crippen LogP contribution in [0.5, 0.6) is 5.75 Å². The topological polar surface area (TPSA) is 21.3 Å². The SMILES string of the molecule is CCOc1c(Br)cc(Br)cc1CN[C@H](C)CCc1ccccc1. The van der Waals surface area contributed by atoms with Crippen LogP contribution < -0.4 is 10.1 Å². The van der Waals surface area contributed by atoms with Gasteiger partial charge in [-0.1, -0.05) is 46.3 Å². The summed E-state index contributed by atoms with van der Waals surface area (Å²) in [5.41, 5.74) is 2.56. The average Bonchev–Trinajstić information content (AvgIpc) is 2.54. The van der Waals surface area contributed by atoms with Crippen molar-refractivity contribution in [2.45, 2.75) is 39.3 Å². The predicted molar refractivity (Wildman–Crippen MR) is 104 cm³/mol. The summed E-state index contributed by atoms with van der Waals surface area (Å²) < 4.78 is 7.82. The number of hydrogen-bond donors (Lipinski definition) is 1. The summed E-state index contributed by atoms with van der Waals surface area (Å²) in [5, 5.41) is 3.60. The Hall–Kier alpha value is -0.840. The monoisotopic (exact) mass is 439 g/mol. The number of halogens is 2. The standard InChI is InChI=1S/C19H23Br2NO/c1-3-23-19-16(11-17(20)12-18(19)21)13-22-14(2)9-10-15-7-5-4-6-8-15/h4-8,11-12,14,22H,3,9-10,13H2,1-2H3/t14-/m1/s1. The molecular weight excluding hydrogens is 418 g/mol. The minimum Gasteiger partial charge on any atom is -0.492 e. The van der Waals surface area contributed by atoms with E-state index in [0.29, 0.717) is 12.6 Å². The van der Waals surface area contributed by atoms with Crippen molar-refractivity contribution >= 4 is 31.9 Å². The Labute approximate surface area is 155 Å². The number of aryl methyl sites for hydroxylation is 1. The van der Waals surface area contributed by atoms with Crippen LogP contribution in [0, 0.1) is 0 Å². The summed E-state index contributed by atoms with van der Waals surface area (Å²) in [4.78, 5) is 0. The first kappa shape index (κ1) is 18.5. The molecule has 0 amide bonds.